The monoisotopic (exact) mass is 369 g/mol. The Labute approximate surface area is 162 Å². The molecule has 0 saturated carbocycles. The molecule has 3 rings (SSSR count). The Hall–Kier alpha value is -2.11. The fourth-order valence-corrected chi connectivity index (χ4v) is 4.52. The number of aliphatic hydroxyl groups excluding tert-OH is 1. The Morgan fingerprint density at radius 2 is 2.00 bits per heavy atom. The first-order valence-corrected chi connectivity index (χ1v) is 9.68. The Morgan fingerprint density at radius 3 is 2.74 bits per heavy atom. The summed E-state index contributed by atoms with van der Waals surface area (Å²) in [4.78, 5) is 16.8. The molecule has 2 N–H and O–H groups in total. The van der Waals surface area contributed by atoms with Gasteiger partial charge >= 0.3 is 6.03 Å². The summed E-state index contributed by atoms with van der Waals surface area (Å²) in [6, 6.07) is 13.7. The molecule has 0 aliphatic carbocycles. The van der Waals surface area contributed by atoms with Gasteiger partial charge in [-0.1, -0.05) is 56.3 Å². The number of hydrogen-bond donors (Lipinski definition) is 2. The van der Waals surface area contributed by atoms with Crippen LogP contribution >= 0.6 is 0 Å². The first kappa shape index (κ1) is 19.6. The summed E-state index contributed by atoms with van der Waals surface area (Å²) in [5.74, 6) is 0. The number of fused-ring (bicyclic) bond motifs is 1. The number of nitrogens with one attached hydrogen (secondary N) is 1. The van der Waals surface area contributed by atoms with Crippen LogP contribution in [0.4, 0.5) is 4.79 Å². The van der Waals surface area contributed by atoms with Gasteiger partial charge in [0.2, 0.25) is 0 Å². The second-order valence-electron chi connectivity index (χ2n) is 8.33. The lowest BCUT2D eigenvalue weighted by molar-refractivity contribution is -0.0231. The topological polar surface area (TPSA) is 55.8 Å². The van der Waals surface area contributed by atoms with E-state index in [1.807, 2.05) is 49.5 Å². The van der Waals surface area contributed by atoms with Crippen molar-refractivity contribution in [1.82, 2.24) is 15.1 Å². The van der Waals surface area contributed by atoms with Crippen molar-refractivity contribution in [2.24, 2.45) is 5.41 Å². The highest BCUT2D eigenvalue weighted by atomic mass is 16.3. The molecule has 1 saturated heterocycles. The standard InChI is InChI=1S/C22H31N3O2/c1-22(2)13-8-14-24(3)20(22)25(4)21(27)23-15-19(26)18-12-7-10-16-9-5-6-11-17(16)18/h5-7,9-12,19-20,26H,8,13-15H2,1-4H3,(H,23,27). The summed E-state index contributed by atoms with van der Waals surface area (Å²) < 4.78 is 0. The summed E-state index contributed by atoms with van der Waals surface area (Å²) in [5, 5.41) is 15.7. The fourth-order valence-electron chi connectivity index (χ4n) is 4.52. The Morgan fingerprint density at radius 1 is 1.30 bits per heavy atom. The van der Waals surface area contributed by atoms with Gasteiger partial charge in [0, 0.05) is 13.6 Å². The van der Waals surface area contributed by atoms with E-state index in [-0.39, 0.29) is 24.2 Å². The predicted octanol–water partition coefficient (Wildman–Crippen LogP) is 3.59. The van der Waals surface area contributed by atoms with Gasteiger partial charge in [-0.25, -0.2) is 4.79 Å². The Kier molecular flexibility index (Phi) is 5.72. The number of hydrogen-bond acceptors (Lipinski definition) is 3. The SMILES string of the molecule is CN1CCCC(C)(C)C1N(C)C(=O)NCC(O)c1cccc2ccccc12. The maximum atomic E-state index is 12.8. The van der Waals surface area contributed by atoms with Crippen molar-refractivity contribution in [2.75, 3.05) is 27.2 Å². The van der Waals surface area contributed by atoms with Crippen LogP contribution in [0.15, 0.2) is 42.5 Å². The molecule has 2 amide bonds. The second-order valence-corrected chi connectivity index (χ2v) is 8.33. The minimum absolute atomic E-state index is 0.0351. The normalized spacial score (nSPS) is 21.0. The number of amides is 2. The van der Waals surface area contributed by atoms with Crippen LogP contribution < -0.4 is 5.32 Å². The van der Waals surface area contributed by atoms with E-state index < -0.39 is 6.10 Å². The van der Waals surface area contributed by atoms with E-state index >= 15 is 0 Å². The molecule has 5 nitrogen and oxygen atoms in total. The maximum absolute atomic E-state index is 12.8. The number of benzene rings is 2. The zero-order valence-corrected chi connectivity index (χ0v) is 16.8. The summed E-state index contributed by atoms with van der Waals surface area (Å²) in [6.07, 6.45) is 1.54. The van der Waals surface area contributed by atoms with Crippen molar-refractivity contribution in [1.29, 1.82) is 0 Å². The third-order valence-electron chi connectivity index (χ3n) is 5.76. The largest absolute Gasteiger partial charge is 0.387 e. The molecule has 0 aromatic heterocycles. The van der Waals surface area contributed by atoms with E-state index in [9.17, 15) is 9.90 Å². The highest BCUT2D eigenvalue weighted by Crippen LogP contribution is 2.35. The second kappa shape index (κ2) is 7.87. The average Bonchev–Trinajstić information content (AvgIpc) is 2.64. The number of nitrogens with zero attached hydrogens (tertiary/aromatic N) is 2. The third-order valence-corrected chi connectivity index (χ3v) is 5.76. The van der Waals surface area contributed by atoms with Gasteiger partial charge in [-0.2, -0.15) is 0 Å². The molecule has 146 valence electrons. The Balaban J connectivity index is 1.67. The lowest BCUT2D eigenvalue weighted by Crippen LogP contribution is -2.59. The van der Waals surface area contributed by atoms with Gasteiger partial charge in [0.15, 0.2) is 0 Å². The maximum Gasteiger partial charge on any atom is 0.318 e. The number of aliphatic hydroxyl groups is 1. The van der Waals surface area contributed by atoms with Crippen molar-refractivity contribution >= 4 is 16.8 Å². The van der Waals surface area contributed by atoms with Gasteiger partial charge < -0.3 is 15.3 Å². The third kappa shape index (κ3) is 4.09. The van der Waals surface area contributed by atoms with Crippen molar-refractivity contribution in [3.63, 3.8) is 0 Å². The van der Waals surface area contributed by atoms with Crippen molar-refractivity contribution < 1.29 is 9.90 Å². The van der Waals surface area contributed by atoms with E-state index in [1.165, 1.54) is 0 Å². The fraction of sp³-hybridized carbons (Fsp3) is 0.500. The highest BCUT2D eigenvalue weighted by molar-refractivity contribution is 5.86. The van der Waals surface area contributed by atoms with E-state index in [4.69, 9.17) is 0 Å². The summed E-state index contributed by atoms with van der Waals surface area (Å²) in [7, 11) is 3.91. The van der Waals surface area contributed by atoms with Gasteiger partial charge in [0.05, 0.1) is 12.3 Å². The van der Waals surface area contributed by atoms with Crippen LogP contribution in [0.5, 0.6) is 0 Å². The number of carbonyl (C=O) groups excluding carboxylic acids is 1. The van der Waals surface area contributed by atoms with E-state index in [0.29, 0.717) is 0 Å². The molecular formula is C22H31N3O2. The van der Waals surface area contributed by atoms with E-state index in [1.54, 1.807) is 4.90 Å². The molecular weight excluding hydrogens is 338 g/mol. The molecule has 1 heterocycles. The molecule has 1 aliphatic rings. The molecule has 0 spiro atoms. The molecule has 2 unspecified atom stereocenters. The lowest BCUT2D eigenvalue weighted by Gasteiger charge is -2.49. The number of carbonyl (C=O) groups is 1. The van der Waals surface area contributed by atoms with Crippen molar-refractivity contribution in [2.45, 2.75) is 39.0 Å². The quantitative estimate of drug-likeness (QED) is 0.866. The minimum atomic E-state index is -0.745. The van der Waals surface area contributed by atoms with Gasteiger partial charge in [-0.15, -0.1) is 0 Å². The molecule has 1 aliphatic heterocycles. The minimum Gasteiger partial charge on any atom is -0.387 e. The van der Waals surface area contributed by atoms with E-state index in [0.717, 1.165) is 35.7 Å². The molecule has 2 atom stereocenters. The van der Waals surface area contributed by atoms with E-state index in [2.05, 4.69) is 31.1 Å². The van der Waals surface area contributed by atoms with Gasteiger partial charge in [0.1, 0.15) is 0 Å². The number of piperidine rings is 1. The van der Waals surface area contributed by atoms with Crippen LogP contribution in [0.2, 0.25) is 0 Å². The zero-order chi connectivity index (χ0) is 19.6. The van der Waals surface area contributed by atoms with Crippen LogP contribution in [0.3, 0.4) is 0 Å². The Bertz CT molecular complexity index is 800. The summed E-state index contributed by atoms with van der Waals surface area (Å²) in [5.41, 5.74) is 0.874. The lowest BCUT2D eigenvalue weighted by atomic mass is 9.80. The number of likely N-dealkylation sites (tertiary alicyclic amines) is 1. The van der Waals surface area contributed by atoms with Gasteiger partial charge in [-0.05, 0) is 48.2 Å². The summed E-state index contributed by atoms with van der Waals surface area (Å²) >= 11 is 0. The van der Waals surface area contributed by atoms with Crippen LogP contribution in [0.25, 0.3) is 10.8 Å². The summed E-state index contributed by atoms with van der Waals surface area (Å²) in [6.45, 7) is 5.60. The average molecular weight is 370 g/mol. The van der Waals surface area contributed by atoms with Crippen molar-refractivity contribution in [3.05, 3.63) is 48.0 Å². The molecule has 5 heteroatoms. The van der Waals surface area contributed by atoms with Gasteiger partial charge in [0.25, 0.3) is 0 Å². The van der Waals surface area contributed by atoms with Crippen LogP contribution in [-0.4, -0.2) is 54.3 Å². The van der Waals surface area contributed by atoms with Crippen LogP contribution in [-0.2, 0) is 0 Å². The predicted molar refractivity (Wildman–Crippen MR) is 110 cm³/mol. The first-order valence-electron chi connectivity index (χ1n) is 9.68. The molecule has 2 aromatic carbocycles. The van der Waals surface area contributed by atoms with Gasteiger partial charge in [-0.3, -0.25) is 4.90 Å². The molecule has 27 heavy (non-hydrogen) atoms. The van der Waals surface area contributed by atoms with Crippen LogP contribution in [0, 0.1) is 5.41 Å². The molecule has 1 fully saturated rings. The smallest absolute Gasteiger partial charge is 0.318 e. The zero-order valence-electron chi connectivity index (χ0n) is 16.8. The number of rotatable bonds is 4. The highest BCUT2D eigenvalue weighted by Gasteiger charge is 2.40. The molecule has 0 radical (unpaired) electrons. The number of urea groups is 1. The first-order chi connectivity index (χ1) is 12.8. The van der Waals surface area contributed by atoms with Crippen molar-refractivity contribution in [3.8, 4) is 0 Å². The van der Waals surface area contributed by atoms with Crippen LogP contribution in [0.1, 0.15) is 38.4 Å². The molecule has 2 aromatic rings. The molecule has 0 bridgehead atoms.